The molecular formula is C28H37N5O7. The van der Waals surface area contributed by atoms with Gasteiger partial charge in [0.15, 0.2) is 5.69 Å². The summed E-state index contributed by atoms with van der Waals surface area (Å²) in [4.78, 5) is 62.7. The molecule has 1 fully saturated rings. The minimum atomic E-state index is -1.42. The lowest BCUT2D eigenvalue weighted by Gasteiger charge is -2.38. The molecule has 1 saturated heterocycles. The molecule has 0 saturated carbocycles. The molecule has 0 spiro atoms. The molecule has 0 aromatic carbocycles. The molecular weight excluding hydrogens is 518 g/mol. The van der Waals surface area contributed by atoms with Crippen molar-refractivity contribution in [2.45, 2.75) is 70.9 Å². The summed E-state index contributed by atoms with van der Waals surface area (Å²) >= 11 is 0. The molecule has 2 aromatic rings. The summed E-state index contributed by atoms with van der Waals surface area (Å²) in [6.07, 6.45) is 2.62. The number of rotatable bonds is 6. The fraction of sp³-hybridized carbons (Fsp3) is 0.500. The van der Waals surface area contributed by atoms with Gasteiger partial charge >= 0.3 is 5.97 Å². The number of carbonyl (C=O) groups excluding carboxylic acids is 4. The largest absolute Gasteiger partial charge is 0.505 e. The van der Waals surface area contributed by atoms with Crippen LogP contribution in [-0.2, 0) is 25.5 Å². The lowest BCUT2D eigenvalue weighted by Crippen LogP contribution is -2.61. The second-order valence-electron chi connectivity index (χ2n) is 10.2. The van der Waals surface area contributed by atoms with E-state index in [1.54, 1.807) is 31.5 Å². The summed E-state index contributed by atoms with van der Waals surface area (Å²) in [6.45, 7) is 6.64. The predicted octanol–water partition coefficient (Wildman–Crippen LogP) is 0.824. The van der Waals surface area contributed by atoms with Gasteiger partial charge in [0.2, 0.25) is 11.8 Å². The number of cyclic esters (lactones) is 1. The average Bonchev–Trinajstić information content (AvgIpc) is 2.94. The van der Waals surface area contributed by atoms with Crippen molar-refractivity contribution in [2.75, 3.05) is 7.05 Å². The first-order chi connectivity index (χ1) is 19.0. The number of likely N-dealkylation sites (N-methyl/N-ethyl adjacent to an activating group) is 1. The van der Waals surface area contributed by atoms with Crippen LogP contribution in [0.5, 0.6) is 5.75 Å². The van der Waals surface area contributed by atoms with Crippen molar-refractivity contribution < 1.29 is 34.1 Å². The molecule has 3 amide bonds. The third-order valence-corrected chi connectivity index (χ3v) is 7.35. The van der Waals surface area contributed by atoms with Gasteiger partial charge in [-0.3, -0.25) is 19.4 Å². The van der Waals surface area contributed by atoms with Crippen molar-refractivity contribution in [3.05, 3.63) is 54.1 Å². The summed E-state index contributed by atoms with van der Waals surface area (Å²) in [6, 6.07) is 2.82. The van der Waals surface area contributed by atoms with E-state index in [0.29, 0.717) is 12.0 Å². The zero-order valence-corrected chi connectivity index (χ0v) is 23.3. The Morgan fingerprint density at radius 3 is 2.52 bits per heavy atom. The minimum absolute atomic E-state index is 0.132. The number of hydrogen-bond donors (Lipinski definition) is 4. The maximum atomic E-state index is 13.6. The van der Waals surface area contributed by atoms with Crippen LogP contribution in [0.3, 0.4) is 0 Å². The number of aromatic nitrogens is 2. The molecule has 1 aliphatic heterocycles. The number of ether oxygens (including phenoxy) is 1. The second-order valence-corrected chi connectivity index (χ2v) is 10.2. The summed E-state index contributed by atoms with van der Waals surface area (Å²) < 4.78 is 5.68. The van der Waals surface area contributed by atoms with Gasteiger partial charge in [-0.2, -0.15) is 0 Å². The third-order valence-electron chi connectivity index (χ3n) is 7.35. The van der Waals surface area contributed by atoms with Gasteiger partial charge in [0.05, 0.1) is 18.1 Å². The highest BCUT2D eigenvalue weighted by atomic mass is 16.5. The van der Waals surface area contributed by atoms with Crippen LogP contribution in [-0.4, -0.2) is 86.2 Å². The van der Waals surface area contributed by atoms with E-state index in [0.717, 1.165) is 0 Å². The Kier molecular flexibility index (Phi) is 10.2. The summed E-state index contributed by atoms with van der Waals surface area (Å²) in [5.41, 5.74) is 0.381. The van der Waals surface area contributed by atoms with Gasteiger partial charge < -0.3 is 30.5 Å². The van der Waals surface area contributed by atoms with Gasteiger partial charge in [-0.1, -0.05) is 33.3 Å². The molecule has 40 heavy (non-hydrogen) atoms. The molecule has 12 heteroatoms. The van der Waals surface area contributed by atoms with E-state index in [9.17, 15) is 29.4 Å². The van der Waals surface area contributed by atoms with Crippen molar-refractivity contribution in [1.82, 2.24) is 25.5 Å². The molecule has 216 valence electrons. The maximum Gasteiger partial charge on any atom is 0.329 e. The number of aromatic hydroxyl groups is 1. The third kappa shape index (κ3) is 6.92. The summed E-state index contributed by atoms with van der Waals surface area (Å²) in [7, 11) is 1.48. The van der Waals surface area contributed by atoms with Crippen LogP contribution in [0.25, 0.3) is 0 Å². The highest BCUT2D eigenvalue weighted by Gasteiger charge is 2.42. The summed E-state index contributed by atoms with van der Waals surface area (Å²) in [5.74, 6) is -4.55. The number of hydrogen-bond acceptors (Lipinski definition) is 9. The SMILES string of the molecule is CCC(C)C1C(=O)O[C@H](C)[C@H](NC(=O)c2ncccc2O)C(=O)N[C@@H](Cc2cccnc2)[C@@H](O)[C@@H](C)C(=O)N1C. The van der Waals surface area contributed by atoms with E-state index in [2.05, 4.69) is 20.6 Å². The molecule has 2 unspecified atom stereocenters. The second kappa shape index (κ2) is 13.3. The van der Waals surface area contributed by atoms with Gasteiger partial charge in [-0.05, 0) is 43.0 Å². The summed E-state index contributed by atoms with van der Waals surface area (Å²) in [5, 5.41) is 26.7. The normalized spacial score (nSPS) is 27.1. The van der Waals surface area contributed by atoms with Crippen LogP contribution in [0.15, 0.2) is 42.9 Å². The zero-order chi connectivity index (χ0) is 29.6. The van der Waals surface area contributed by atoms with Gasteiger partial charge in [0, 0.05) is 25.6 Å². The Hall–Kier alpha value is -4.06. The smallest absolute Gasteiger partial charge is 0.329 e. The molecule has 4 N–H and O–H groups in total. The molecule has 12 nitrogen and oxygen atoms in total. The van der Waals surface area contributed by atoms with Gasteiger partial charge in [-0.15, -0.1) is 0 Å². The highest BCUT2D eigenvalue weighted by molar-refractivity contribution is 5.98. The van der Waals surface area contributed by atoms with E-state index in [1.165, 1.54) is 44.1 Å². The van der Waals surface area contributed by atoms with Crippen LogP contribution >= 0.6 is 0 Å². The Morgan fingerprint density at radius 1 is 1.20 bits per heavy atom. The Morgan fingerprint density at radius 2 is 1.90 bits per heavy atom. The minimum Gasteiger partial charge on any atom is -0.505 e. The highest BCUT2D eigenvalue weighted by Crippen LogP contribution is 2.23. The first kappa shape index (κ1) is 30.5. The van der Waals surface area contributed by atoms with Crippen LogP contribution in [0.4, 0.5) is 0 Å². The van der Waals surface area contributed by atoms with E-state index < -0.39 is 65.7 Å². The number of aliphatic hydroxyl groups excluding tert-OH is 1. The fourth-order valence-corrected chi connectivity index (χ4v) is 4.75. The molecule has 0 radical (unpaired) electrons. The average molecular weight is 556 g/mol. The first-order valence-corrected chi connectivity index (χ1v) is 13.3. The Balaban J connectivity index is 2.04. The van der Waals surface area contributed by atoms with Crippen LogP contribution < -0.4 is 10.6 Å². The van der Waals surface area contributed by atoms with Crippen molar-refractivity contribution in [2.24, 2.45) is 11.8 Å². The number of pyridine rings is 2. The monoisotopic (exact) mass is 555 g/mol. The van der Waals surface area contributed by atoms with Crippen molar-refractivity contribution in [3.63, 3.8) is 0 Å². The number of amides is 3. The molecule has 0 aliphatic carbocycles. The Bertz CT molecular complexity index is 1210. The van der Waals surface area contributed by atoms with Gasteiger partial charge in [0.25, 0.3) is 5.91 Å². The lowest BCUT2D eigenvalue weighted by atomic mass is 9.90. The van der Waals surface area contributed by atoms with E-state index >= 15 is 0 Å². The Labute approximate surface area is 233 Å². The maximum absolute atomic E-state index is 13.6. The van der Waals surface area contributed by atoms with E-state index in [-0.39, 0.29) is 18.0 Å². The number of nitrogens with zero attached hydrogens (tertiary/aromatic N) is 3. The molecule has 2 aromatic heterocycles. The van der Waals surface area contributed by atoms with Crippen LogP contribution in [0.1, 0.15) is 50.2 Å². The molecule has 3 heterocycles. The van der Waals surface area contributed by atoms with Crippen molar-refractivity contribution in [3.8, 4) is 5.75 Å². The molecule has 1 aliphatic rings. The fourth-order valence-electron chi connectivity index (χ4n) is 4.75. The van der Waals surface area contributed by atoms with Gasteiger partial charge in [-0.25, -0.2) is 9.78 Å². The number of carbonyl (C=O) groups is 4. The number of nitrogens with one attached hydrogen (secondary N) is 2. The molecule has 7 atom stereocenters. The predicted molar refractivity (Wildman–Crippen MR) is 144 cm³/mol. The lowest BCUT2D eigenvalue weighted by molar-refractivity contribution is -0.165. The number of aliphatic hydroxyl groups is 1. The standard InChI is InChI=1S/C28H37N5O7/c1-6-15(2)23-28(39)40-17(4)21(32-26(37)22-20(34)10-8-12-30-22)25(36)31-19(13-18-9-7-11-29-14-18)24(35)16(3)27(38)33(23)5/h7-12,14-17,19,21,23-24,34-35H,6,13H2,1-5H3,(H,31,36)(H,32,37)/t15?,16-,17-,19+,21+,23?,24+/m1/s1. The van der Waals surface area contributed by atoms with E-state index in [4.69, 9.17) is 4.74 Å². The topological polar surface area (TPSA) is 171 Å². The van der Waals surface area contributed by atoms with Crippen LogP contribution in [0.2, 0.25) is 0 Å². The van der Waals surface area contributed by atoms with Crippen LogP contribution in [0, 0.1) is 11.8 Å². The zero-order valence-electron chi connectivity index (χ0n) is 23.3. The first-order valence-electron chi connectivity index (χ1n) is 13.3. The molecule has 3 rings (SSSR count). The van der Waals surface area contributed by atoms with Crippen molar-refractivity contribution >= 4 is 23.7 Å². The van der Waals surface area contributed by atoms with E-state index in [1.807, 2.05) is 6.92 Å². The van der Waals surface area contributed by atoms with Crippen molar-refractivity contribution in [1.29, 1.82) is 0 Å². The number of esters is 1. The quantitative estimate of drug-likeness (QED) is 0.377. The van der Waals surface area contributed by atoms with Gasteiger partial charge in [0.1, 0.15) is 23.9 Å². The molecule has 0 bridgehead atoms.